The van der Waals surface area contributed by atoms with Crippen LogP contribution in [0.15, 0.2) is 42.7 Å². The number of hydrogen-bond donors (Lipinski definition) is 1. The smallest absolute Gasteiger partial charge is 0.222 e. The third-order valence-corrected chi connectivity index (χ3v) is 3.79. The van der Waals surface area contributed by atoms with Crippen LogP contribution in [0.2, 0.25) is 5.15 Å². The Kier molecular flexibility index (Phi) is 3.81. The van der Waals surface area contributed by atoms with E-state index in [-0.39, 0.29) is 11.4 Å². The highest BCUT2D eigenvalue weighted by Gasteiger charge is 2.16. The molecule has 0 atom stereocenters. The molecule has 0 bridgehead atoms. The number of aromatic nitrogens is 6. The SMILES string of the molecule is Fc1cccc(-c2nc3cn[n+](Cc4ccc(Cl)nn4)cc3[nH]2)c1F. The highest BCUT2D eigenvalue weighted by molar-refractivity contribution is 6.29. The molecule has 25 heavy (non-hydrogen) atoms. The van der Waals surface area contributed by atoms with E-state index in [1.165, 1.54) is 18.3 Å². The van der Waals surface area contributed by atoms with E-state index in [1.54, 1.807) is 23.0 Å². The van der Waals surface area contributed by atoms with Crippen molar-refractivity contribution in [2.24, 2.45) is 0 Å². The summed E-state index contributed by atoms with van der Waals surface area (Å²) < 4.78 is 29.0. The fraction of sp³-hybridized carbons (Fsp3) is 0.0625. The number of benzene rings is 1. The number of nitrogens with one attached hydrogen (secondary N) is 1. The molecule has 0 saturated carbocycles. The van der Waals surface area contributed by atoms with Crippen molar-refractivity contribution in [3.8, 4) is 11.4 Å². The van der Waals surface area contributed by atoms with E-state index < -0.39 is 11.6 Å². The van der Waals surface area contributed by atoms with E-state index in [0.29, 0.717) is 28.4 Å². The largest absolute Gasteiger partial charge is 0.333 e. The minimum absolute atomic E-state index is 0.0614. The Morgan fingerprint density at radius 1 is 1.12 bits per heavy atom. The van der Waals surface area contributed by atoms with Crippen molar-refractivity contribution < 1.29 is 13.5 Å². The van der Waals surface area contributed by atoms with Crippen molar-refractivity contribution in [1.82, 2.24) is 25.3 Å². The predicted molar refractivity (Wildman–Crippen MR) is 85.6 cm³/mol. The van der Waals surface area contributed by atoms with Gasteiger partial charge in [-0.3, -0.25) is 0 Å². The monoisotopic (exact) mass is 359 g/mol. The van der Waals surface area contributed by atoms with Crippen LogP contribution in [0.4, 0.5) is 8.78 Å². The first-order chi connectivity index (χ1) is 12.1. The summed E-state index contributed by atoms with van der Waals surface area (Å²) in [4.78, 5) is 7.24. The molecule has 1 aromatic carbocycles. The van der Waals surface area contributed by atoms with Gasteiger partial charge >= 0.3 is 0 Å². The molecule has 0 fully saturated rings. The van der Waals surface area contributed by atoms with Crippen LogP contribution in [0.1, 0.15) is 5.69 Å². The van der Waals surface area contributed by atoms with Crippen LogP contribution in [-0.2, 0) is 6.54 Å². The Morgan fingerprint density at radius 2 is 2.00 bits per heavy atom. The number of aromatic amines is 1. The quantitative estimate of drug-likeness (QED) is 0.571. The predicted octanol–water partition coefficient (Wildman–Crippen LogP) is 2.68. The molecule has 3 aromatic heterocycles. The maximum absolute atomic E-state index is 13.9. The minimum Gasteiger partial charge on any atom is -0.333 e. The van der Waals surface area contributed by atoms with E-state index in [4.69, 9.17) is 11.6 Å². The molecular formula is C16H10ClF2N6+. The summed E-state index contributed by atoms with van der Waals surface area (Å²) in [5.74, 6) is -1.64. The van der Waals surface area contributed by atoms with Gasteiger partial charge in [0, 0.05) is 0 Å². The molecule has 4 rings (SSSR count). The number of rotatable bonds is 3. The van der Waals surface area contributed by atoms with Crippen LogP contribution >= 0.6 is 11.6 Å². The summed E-state index contributed by atoms with van der Waals surface area (Å²) in [5, 5.41) is 12.3. The Labute approximate surface area is 145 Å². The summed E-state index contributed by atoms with van der Waals surface area (Å²) in [7, 11) is 0. The minimum atomic E-state index is -0.946. The van der Waals surface area contributed by atoms with Crippen molar-refractivity contribution in [3.63, 3.8) is 0 Å². The summed E-state index contributed by atoms with van der Waals surface area (Å²) in [6.07, 6.45) is 3.25. The number of imidazole rings is 1. The molecule has 0 amide bonds. The van der Waals surface area contributed by atoms with Gasteiger partial charge in [-0.05, 0) is 29.4 Å². The number of H-pyrrole nitrogens is 1. The number of fused-ring (bicyclic) bond motifs is 1. The summed E-state index contributed by atoms with van der Waals surface area (Å²) in [6, 6.07) is 7.34. The fourth-order valence-corrected chi connectivity index (χ4v) is 2.50. The van der Waals surface area contributed by atoms with Crippen LogP contribution in [0.25, 0.3) is 22.4 Å². The van der Waals surface area contributed by atoms with E-state index in [1.807, 2.05) is 0 Å². The number of halogens is 3. The normalized spacial score (nSPS) is 11.2. The van der Waals surface area contributed by atoms with Gasteiger partial charge in [-0.15, -0.1) is 10.2 Å². The molecule has 0 aliphatic heterocycles. The van der Waals surface area contributed by atoms with Crippen molar-refractivity contribution in [3.05, 3.63) is 65.2 Å². The first-order valence-electron chi connectivity index (χ1n) is 7.28. The zero-order chi connectivity index (χ0) is 17.4. The van der Waals surface area contributed by atoms with Gasteiger partial charge in [0.25, 0.3) is 0 Å². The van der Waals surface area contributed by atoms with Gasteiger partial charge < -0.3 is 4.98 Å². The summed E-state index contributed by atoms with van der Waals surface area (Å²) in [5.41, 5.74) is 1.91. The molecular weight excluding hydrogens is 350 g/mol. The second kappa shape index (κ2) is 6.14. The zero-order valence-corrected chi connectivity index (χ0v) is 13.4. The average Bonchev–Trinajstić information content (AvgIpc) is 3.02. The van der Waals surface area contributed by atoms with E-state index in [2.05, 4.69) is 25.3 Å². The zero-order valence-electron chi connectivity index (χ0n) is 12.6. The second-order valence-electron chi connectivity index (χ2n) is 5.30. The molecule has 6 nitrogen and oxygen atoms in total. The average molecular weight is 360 g/mol. The molecule has 124 valence electrons. The molecule has 1 N–H and O–H groups in total. The van der Waals surface area contributed by atoms with Crippen molar-refractivity contribution >= 4 is 22.6 Å². The third-order valence-electron chi connectivity index (χ3n) is 3.59. The molecule has 4 aromatic rings. The standard InChI is InChI=1S/C16H9ClF2N6/c17-14-5-4-9(23-24-14)7-25-8-13-12(6-20-25)21-16(22-13)10-2-1-3-11(18)15(10)19/h1-6,8H,7H2/p+1. The maximum Gasteiger partial charge on any atom is 0.222 e. The van der Waals surface area contributed by atoms with Gasteiger partial charge in [0.05, 0.1) is 5.56 Å². The lowest BCUT2D eigenvalue weighted by Gasteiger charge is -1.99. The lowest BCUT2D eigenvalue weighted by atomic mass is 10.2. The molecule has 0 spiro atoms. The van der Waals surface area contributed by atoms with Crippen LogP contribution in [-0.4, -0.2) is 25.3 Å². The Hall–Kier alpha value is -3.00. The third kappa shape index (κ3) is 3.03. The van der Waals surface area contributed by atoms with E-state index in [0.717, 1.165) is 6.07 Å². The Balaban J connectivity index is 1.69. The maximum atomic E-state index is 13.9. The highest BCUT2D eigenvalue weighted by Crippen LogP contribution is 2.23. The van der Waals surface area contributed by atoms with Gasteiger partial charge in [-0.2, -0.15) is 0 Å². The van der Waals surface area contributed by atoms with E-state index in [9.17, 15) is 8.78 Å². The lowest BCUT2D eigenvalue weighted by Crippen LogP contribution is -2.38. The van der Waals surface area contributed by atoms with Crippen molar-refractivity contribution in [2.75, 3.05) is 0 Å². The molecule has 0 radical (unpaired) electrons. The molecule has 0 aliphatic carbocycles. The summed E-state index contributed by atoms with van der Waals surface area (Å²) >= 11 is 5.71. The van der Waals surface area contributed by atoms with Gasteiger partial charge in [-0.25, -0.2) is 13.8 Å². The van der Waals surface area contributed by atoms with Crippen LogP contribution in [0.5, 0.6) is 0 Å². The number of nitrogens with zero attached hydrogens (tertiary/aromatic N) is 5. The molecule has 3 heterocycles. The molecule has 0 aliphatic rings. The van der Waals surface area contributed by atoms with Gasteiger partial charge in [-0.1, -0.05) is 22.3 Å². The molecule has 9 heteroatoms. The first kappa shape index (κ1) is 15.5. The second-order valence-corrected chi connectivity index (χ2v) is 5.69. The van der Waals surface area contributed by atoms with Crippen molar-refractivity contribution in [1.29, 1.82) is 0 Å². The first-order valence-corrected chi connectivity index (χ1v) is 7.66. The fourth-order valence-electron chi connectivity index (χ4n) is 2.40. The Bertz CT molecular complexity index is 1060. The van der Waals surface area contributed by atoms with Crippen LogP contribution in [0, 0.1) is 11.6 Å². The van der Waals surface area contributed by atoms with Crippen LogP contribution in [0.3, 0.4) is 0 Å². The highest BCUT2D eigenvalue weighted by atomic mass is 35.5. The lowest BCUT2D eigenvalue weighted by molar-refractivity contribution is -0.745. The van der Waals surface area contributed by atoms with Gasteiger partial charge in [0.1, 0.15) is 28.7 Å². The topological polar surface area (TPSA) is 71.2 Å². The Morgan fingerprint density at radius 3 is 2.80 bits per heavy atom. The van der Waals surface area contributed by atoms with Crippen LogP contribution < -0.4 is 4.68 Å². The number of hydrogen-bond acceptors (Lipinski definition) is 4. The molecule has 0 saturated heterocycles. The summed E-state index contributed by atoms with van der Waals surface area (Å²) in [6.45, 7) is 0.378. The molecule has 0 unspecified atom stereocenters. The van der Waals surface area contributed by atoms with Gasteiger partial charge in [0.2, 0.25) is 12.7 Å². The van der Waals surface area contributed by atoms with E-state index >= 15 is 0 Å². The van der Waals surface area contributed by atoms with Gasteiger partial charge in [0.15, 0.2) is 16.8 Å². The van der Waals surface area contributed by atoms with Crippen molar-refractivity contribution in [2.45, 2.75) is 6.54 Å².